The molecule has 0 saturated carbocycles. The van der Waals surface area contributed by atoms with Crippen LogP contribution < -0.4 is 5.32 Å². The smallest absolute Gasteiger partial charge is 0.240 e. The molecule has 0 amide bonds. The van der Waals surface area contributed by atoms with Crippen LogP contribution in [-0.2, 0) is 6.54 Å². The van der Waals surface area contributed by atoms with E-state index in [2.05, 4.69) is 66.1 Å². The molecule has 0 radical (unpaired) electrons. The minimum absolute atomic E-state index is 0.424. The highest BCUT2D eigenvalue weighted by Gasteiger charge is 2.13. The molecule has 2 aromatic rings. The van der Waals surface area contributed by atoms with Gasteiger partial charge >= 0.3 is 0 Å². The second kappa shape index (κ2) is 6.58. The summed E-state index contributed by atoms with van der Waals surface area (Å²) < 4.78 is 6.92. The maximum atomic E-state index is 5.20. The molecular formula is C12H14Br2N4O. The zero-order valence-corrected chi connectivity index (χ0v) is 13.8. The molecule has 0 aromatic carbocycles. The molecule has 0 aliphatic heterocycles. The van der Waals surface area contributed by atoms with Crippen molar-refractivity contribution >= 4 is 31.9 Å². The molecule has 2 rings (SSSR count). The molecule has 1 N–H and O–H groups in total. The molecule has 0 fully saturated rings. The van der Waals surface area contributed by atoms with Crippen molar-refractivity contribution < 1.29 is 4.52 Å². The maximum Gasteiger partial charge on any atom is 0.240 e. The largest absolute Gasteiger partial charge is 0.337 e. The van der Waals surface area contributed by atoms with Gasteiger partial charge in [-0.25, -0.2) is 0 Å². The van der Waals surface area contributed by atoms with Crippen molar-refractivity contribution in [3.8, 4) is 11.5 Å². The van der Waals surface area contributed by atoms with Gasteiger partial charge in [-0.2, -0.15) is 4.98 Å². The zero-order valence-electron chi connectivity index (χ0n) is 10.7. The van der Waals surface area contributed by atoms with Gasteiger partial charge in [0, 0.05) is 21.2 Å². The maximum absolute atomic E-state index is 5.20. The normalized spacial score (nSPS) is 12.6. The van der Waals surface area contributed by atoms with Crippen LogP contribution in [0.4, 0.5) is 0 Å². The summed E-state index contributed by atoms with van der Waals surface area (Å²) in [6, 6.07) is 2.32. The monoisotopic (exact) mass is 388 g/mol. The average Bonchev–Trinajstić information content (AvgIpc) is 2.84. The summed E-state index contributed by atoms with van der Waals surface area (Å²) >= 11 is 6.79. The second-order valence-electron chi connectivity index (χ2n) is 4.19. The van der Waals surface area contributed by atoms with Crippen molar-refractivity contribution in [1.82, 2.24) is 20.4 Å². The molecule has 2 aromatic heterocycles. The Bertz CT molecular complexity index is 558. The van der Waals surface area contributed by atoms with Crippen LogP contribution >= 0.6 is 31.9 Å². The fourth-order valence-electron chi connectivity index (χ4n) is 1.41. The van der Waals surface area contributed by atoms with Gasteiger partial charge in [-0.3, -0.25) is 4.98 Å². The zero-order chi connectivity index (χ0) is 13.8. The van der Waals surface area contributed by atoms with Gasteiger partial charge < -0.3 is 9.84 Å². The summed E-state index contributed by atoms with van der Waals surface area (Å²) in [5.41, 5.74) is 0.668. The van der Waals surface area contributed by atoms with E-state index < -0.39 is 0 Å². The van der Waals surface area contributed by atoms with Crippen LogP contribution in [0, 0.1) is 0 Å². The minimum Gasteiger partial charge on any atom is -0.337 e. The predicted molar refractivity (Wildman–Crippen MR) is 79.5 cm³/mol. The Hall–Kier alpha value is -0.790. The van der Waals surface area contributed by atoms with Crippen molar-refractivity contribution in [3.63, 3.8) is 0 Å². The second-order valence-corrected chi connectivity index (χ2v) is 5.96. The van der Waals surface area contributed by atoms with Crippen LogP contribution in [0.15, 0.2) is 25.7 Å². The summed E-state index contributed by atoms with van der Waals surface area (Å²) in [7, 11) is 0. The van der Waals surface area contributed by atoms with E-state index in [0.29, 0.717) is 30.0 Å². The summed E-state index contributed by atoms with van der Waals surface area (Å²) in [5, 5.41) is 7.25. The lowest BCUT2D eigenvalue weighted by atomic mass is 10.3. The van der Waals surface area contributed by atoms with E-state index in [1.165, 1.54) is 0 Å². The van der Waals surface area contributed by atoms with E-state index in [9.17, 15) is 0 Å². The highest BCUT2D eigenvalue weighted by Crippen LogP contribution is 2.26. The van der Waals surface area contributed by atoms with E-state index in [0.717, 1.165) is 15.4 Å². The van der Waals surface area contributed by atoms with Crippen LogP contribution in [-0.4, -0.2) is 21.2 Å². The van der Waals surface area contributed by atoms with E-state index >= 15 is 0 Å². The van der Waals surface area contributed by atoms with Gasteiger partial charge in [0.25, 0.3) is 0 Å². The Morgan fingerprint density at radius 2 is 2.21 bits per heavy atom. The van der Waals surface area contributed by atoms with Gasteiger partial charge in [0.05, 0.1) is 6.54 Å². The Kier molecular flexibility index (Phi) is 5.06. The van der Waals surface area contributed by atoms with Crippen LogP contribution in [0.3, 0.4) is 0 Å². The van der Waals surface area contributed by atoms with E-state index in [-0.39, 0.29) is 0 Å². The van der Waals surface area contributed by atoms with Crippen molar-refractivity contribution in [1.29, 1.82) is 0 Å². The van der Waals surface area contributed by atoms with Crippen LogP contribution in [0.1, 0.15) is 26.2 Å². The highest BCUT2D eigenvalue weighted by atomic mass is 79.9. The van der Waals surface area contributed by atoms with Crippen LogP contribution in [0.5, 0.6) is 0 Å². The topological polar surface area (TPSA) is 63.8 Å². The van der Waals surface area contributed by atoms with Crippen molar-refractivity contribution in [3.05, 3.63) is 27.1 Å². The Labute approximate surface area is 128 Å². The van der Waals surface area contributed by atoms with Gasteiger partial charge in [-0.1, -0.05) is 12.1 Å². The first kappa shape index (κ1) is 14.6. The number of pyridine rings is 1. The molecule has 0 bridgehead atoms. The Morgan fingerprint density at radius 1 is 1.42 bits per heavy atom. The third-order valence-corrected chi connectivity index (χ3v) is 3.74. The minimum atomic E-state index is 0.424. The van der Waals surface area contributed by atoms with Crippen molar-refractivity contribution in [2.45, 2.75) is 32.9 Å². The molecule has 0 spiro atoms. The van der Waals surface area contributed by atoms with Crippen molar-refractivity contribution in [2.24, 2.45) is 0 Å². The summed E-state index contributed by atoms with van der Waals surface area (Å²) in [4.78, 5) is 8.60. The summed E-state index contributed by atoms with van der Waals surface area (Å²) in [5.74, 6) is 1.05. The Morgan fingerprint density at radius 3 is 2.89 bits per heavy atom. The number of nitrogens with zero attached hydrogens (tertiary/aromatic N) is 3. The lowest BCUT2D eigenvalue weighted by molar-refractivity contribution is 0.358. The SMILES string of the molecule is CCC(C)NCc1nc(-c2ncc(Br)cc2Br)no1. The summed E-state index contributed by atoms with van der Waals surface area (Å²) in [6.07, 6.45) is 2.76. The molecule has 7 heteroatoms. The third kappa shape index (κ3) is 3.84. The highest BCUT2D eigenvalue weighted by molar-refractivity contribution is 9.11. The molecule has 1 unspecified atom stereocenters. The molecule has 5 nitrogen and oxygen atoms in total. The molecule has 0 aliphatic carbocycles. The van der Waals surface area contributed by atoms with Crippen LogP contribution in [0.25, 0.3) is 11.5 Å². The molecule has 1 atom stereocenters. The molecule has 19 heavy (non-hydrogen) atoms. The third-order valence-electron chi connectivity index (χ3n) is 2.70. The van der Waals surface area contributed by atoms with Gasteiger partial charge in [0.15, 0.2) is 0 Å². The fourth-order valence-corrected chi connectivity index (χ4v) is 2.57. The first-order valence-corrected chi connectivity index (χ1v) is 7.56. The first-order chi connectivity index (χ1) is 9.10. The number of nitrogens with one attached hydrogen (secondary N) is 1. The van der Waals surface area contributed by atoms with Gasteiger partial charge in [-0.05, 0) is 51.3 Å². The van der Waals surface area contributed by atoms with E-state index in [1.807, 2.05) is 6.07 Å². The molecular weight excluding hydrogens is 376 g/mol. The molecule has 0 saturated heterocycles. The van der Waals surface area contributed by atoms with Crippen molar-refractivity contribution in [2.75, 3.05) is 0 Å². The van der Waals surface area contributed by atoms with Gasteiger partial charge in [0.2, 0.25) is 11.7 Å². The lowest BCUT2D eigenvalue weighted by Gasteiger charge is -2.07. The lowest BCUT2D eigenvalue weighted by Crippen LogP contribution is -2.24. The molecule has 102 valence electrons. The van der Waals surface area contributed by atoms with E-state index in [1.54, 1.807) is 6.20 Å². The summed E-state index contributed by atoms with van der Waals surface area (Å²) in [6.45, 7) is 4.81. The quantitative estimate of drug-likeness (QED) is 0.847. The van der Waals surface area contributed by atoms with Gasteiger partial charge in [-0.15, -0.1) is 0 Å². The Balaban J connectivity index is 2.12. The number of hydrogen-bond acceptors (Lipinski definition) is 5. The fraction of sp³-hybridized carbons (Fsp3) is 0.417. The number of rotatable bonds is 5. The number of halogens is 2. The van der Waals surface area contributed by atoms with Gasteiger partial charge in [0.1, 0.15) is 5.69 Å². The number of hydrogen-bond donors (Lipinski definition) is 1. The van der Waals surface area contributed by atoms with E-state index in [4.69, 9.17) is 4.52 Å². The average molecular weight is 390 g/mol. The molecule has 0 aliphatic rings. The predicted octanol–water partition coefficient (Wildman–Crippen LogP) is 3.54. The van der Waals surface area contributed by atoms with Crippen LogP contribution in [0.2, 0.25) is 0 Å². The number of aromatic nitrogens is 3. The molecule has 2 heterocycles. The first-order valence-electron chi connectivity index (χ1n) is 5.97. The standard InChI is InChI=1S/C12H14Br2N4O/c1-3-7(2)15-6-10-17-12(18-19-10)11-9(14)4-8(13)5-16-11/h4-5,7,15H,3,6H2,1-2H3.